The van der Waals surface area contributed by atoms with Crippen LogP contribution in [0.3, 0.4) is 0 Å². The number of nitrogens with one attached hydrogen (secondary N) is 1. The van der Waals surface area contributed by atoms with Crippen LogP contribution >= 0.6 is 11.8 Å². The second kappa shape index (κ2) is 6.31. The van der Waals surface area contributed by atoms with E-state index in [1.807, 2.05) is 11.8 Å². The average Bonchev–Trinajstić information content (AvgIpc) is 2.19. The first-order valence-electron chi connectivity index (χ1n) is 6.00. The van der Waals surface area contributed by atoms with Crippen molar-refractivity contribution in [3.8, 4) is 0 Å². The van der Waals surface area contributed by atoms with Gasteiger partial charge in [-0.3, -0.25) is 0 Å². The van der Waals surface area contributed by atoms with Gasteiger partial charge in [0.2, 0.25) is 0 Å². The molecule has 0 radical (unpaired) electrons. The van der Waals surface area contributed by atoms with Gasteiger partial charge in [-0.1, -0.05) is 39.8 Å². The fourth-order valence-corrected chi connectivity index (χ4v) is 2.42. The molecule has 0 aliphatic carbocycles. The summed E-state index contributed by atoms with van der Waals surface area (Å²) < 4.78 is 0.294. The first-order chi connectivity index (χ1) is 7.51. The van der Waals surface area contributed by atoms with E-state index in [0.717, 1.165) is 13.1 Å². The van der Waals surface area contributed by atoms with E-state index in [1.165, 1.54) is 16.9 Å². The maximum atomic E-state index is 3.41. The third kappa shape index (κ3) is 5.57. The molecule has 0 bridgehead atoms. The molecule has 1 aromatic rings. The number of rotatable bonds is 5. The Morgan fingerprint density at radius 2 is 1.75 bits per heavy atom. The Balaban J connectivity index is 2.48. The summed E-state index contributed by atoms with van der Waals surface area (Å²) in [5.74, 6) is 0. The van der Waals surface area contributed by atoms with Gasteiger partial charge in [0.25, 0.3) is 0 Å². The van der Waals surface area contributed by atoms with Crippen molar-refractivity contribution >= 4 is 11.8 Å². The van der Waals surface area contributed by atoms with Crippen molar-refractivity contribution in [1.82, 2.24) is 5.32 Å². The van der Waals surface area contributed by atoms with E-state index in [9.17, 15) is 0 Å². The van der Waals surface area contributed by atoms with Gasteiger partial charge in [-0.15, -0.1) is 11.8 Å². The summed E-state index contributed by atoms with van der Waals surface area (Å²) in [5.41, 5.74) is 1.37. The van der Waals surface area contributed by atoms with Gasteiger partial charge in [0.15, 0.2) is 0 Å². The molecule has 1 N–H and O–H groups in total. The van der Waals surface area contributed by atoms with E-state index >= 15 is 0 Å². The van der Waals surface area contributed by atoms with E-state index in [4.69, 9.17) is 0 Å². The van der Waals surface area contributed by atoms with Crippen molar-refractivity contribution in [2.24, 2.45) is 0 Å². The topological polar surface area (TPSA) is 12.0 Å². The zero-order chi connectivity index (χ0) is 12.0. The van der Waals surface area contributed by atoms with Crippen LogP contribution in [0.5, 0.6) is 0 Å². The predicted octanol–water partition coefficient (Wildman–Crippen LogP) is 4.08. The van der Waals surface area contributed by atoms with Crippen LogP contribution in [0.4, 0.5) is 0 Å². The molecular formula is C14H23NS. The lowest BCUT2D eigenvalue weighted by molar-refractivity contribution is 0.675. The highest BCUT2D eigenvalue weighted by Gasteiger charge is 2.11. The lowest BCUT2D eigenvalue weighted by Crippen LogP contribution is -2.13. The van der Waals surface area contributed by atoms with Crippen molar-refractivity contribution < 1.29 is 0 Å². The third-order valence-electron chi connectivity index (χ3n) is 2.10. The van der Waals surface area contributed by atoms with Gasteiger partial charge in [0.1, 0.15) is 0 Å². The van der Waals surface area contributed by atoms with Gasteiger partial charge in [-0.05, 0) is 30.7 Å². The lowest BCUT2D eigenvalue weighted by Gasteiger charge is -2.17. The van der Waals surface area contributed by atoms with E-state index in [-0.39, 0.29) is 0 Å². The van der Waals surface area contributed by atoms with E-state index in [2.05, 4.69) is 57.3 Å². The van der Waals surface area contributed by atoms with Crippen LogP contribution in [0, 0.1) is 0 Å². The minimum absolute atomic E-state index is 0.294. The average molecular weight is 237 g/mol. The molecule has 0 spiro atoms. The Kier molecular flexibility index (Phi) is 5.36. The zero-order valence-electron chi connectivity index (χ0n) is 10.8. The van der Waals surface area contributed by atoms with Crippen LogP contribution in [0.1, 0.15) is 39.7 Å². The van der Waals surface area contributed by atoms with E-state index < -0.39 is 0 Å². The number of hydrogen-bond donors (Lipinski definition) is 1. The molecule has 16 heavy (non-hydrogen) atoms. The van der Waals surface area contributed by atoms with Crippen molar-refractivity contribution in [2.45, 2.75) is 50.3 Å². The van der Waals surface area contributed by atoms with Crippen LogP contribution in [0.15, 0.2) is 29.2 Å². The van der Waals surface area contributed by atoms with E-state index in [1.54, 1.807) is 0 Å². The summed E-state index contributed by atoms with van der Waals surface area (Å²) in [4.78, 5) is 1.35. The van der Waals surface area contributed by atoms with Crippen LogP contribution in [0.2, 0.25) is 0 Å². The van der Waals surface area contributed by atoms with Gasteiger partial charge >= 0.3 is 0 Å². The standard InChI is InChI=1S/C14H23NS/c1-5-10-15-11-12-6-8-13(9-7-12)16-14(2,3)4/h6-9,15H,5,10-11H2,1-4H3. The summed E-state index contributed by atoms with van der Waals surface area (Å²) in [6.07, 6.45) is 1.19. The molecule has 0 saturated carbocycles. The van der Waals surface area contributed by atoms with Gasteiger partial charge in [-0.2, -0.15) is 0 Å². The van der Waals surface area contributed by atoms with Gasteiger partial charge < -0.3 is 5.32 Å². The maximum Gasteiger partial charge on any atom is 0.0205 e. The summed E-state index contributed by atoms with van der Waals surface area (Å²) >= 11 is 1.92. The third-order valence-corrected chi connectivity index (χ3v) is 3.22. The monoisotopic (exact) mass is 237 g/mol. The molecular weight excluding hydrogens is 214 g/mol. The molecule has 2 heteroatoms. The molecule has 0 amide bonds. The normalized spacial score (nSPS) is 11.8. The van der Waals surface area contributed by atoms with Crippen molar-refractivity contribution in [3.63, 3.8) is 0 Å². The molecule has 1 aromatic carbocycles. The SMILES string of the molecule is CCCNCc1ccc(SC(C)(C)C)cc1. The van der Waals surface area contributed by atoms with Crippen molar-refractivity contribution in [3.05, 3.63) is 29.8 Å². The quantitative estimate of drug-likeness (QED) is 0.612. The molecule has 0 aliphatic heterocycles. The van der Waals surface area contributed by atoms with Gasteiger partial charge in [0, 0.05) is 16.2 Å². The Hall–Kier alpha value is -0.470. The van der Waals surface area contributed by atoms with Crippen molar-refractivity contribution in [1.29, 1.82) is 0 Å². The lowest BCUT2D eigenvalue weighted by atomic mass is 10.2. The molecule has 0 fully saturated rings. The largest absolute Gasteiger partial charge is 0.313 e. The highest BCUT2D eigenvalue weighted by Crippen LogP contribution is 2.31. The fraction of sp³-hybridized carbons (Fsp3) is 0.571. The highest BCUT2D eigenvalue weighted by molar-refractivity contribution is 8.00. The number of hydrogen-bond acceptors (Lipinski definition) is 2. The Morgan fingerprint density at radius 1 is 1.12 bits per heavy atom. The van der Waals surface area contributed by atoms with Crippen LogP contribution in [-0.4, -0.2) is 11.3 Å². The molecule has 90 valence electrons. The fourth-order valence-electron chi connectivity index (χ4n) is 1.44. The maximum absolute atomic E-state index is 3.41. The molecule has 0 heterocycles. The van der Waals surface area contributed by atoms with Crippen molar-refractivity contribution in [2.75, 3.05) is 6.54 Å². The Bertz CT molecular complexity index is 298. The summed E-state index contributed by atoms with van der Waals surface area (Å²) in [7, 11) is 0. The smallest absolute Gasteiger partial charge is 0.0205 e. The van der Waals surface area contributed by atoms with Gasteiger partial charge in [-0.25, -0.2) is 0 Å². The summed E-state index contributed by atoms with van der Waals surface area (Å²) in [6, 6.07) is 8.88. The molecule has 0 saturated heterocycles. The summed E-state index contributed by atoms with van der Waals surface area (Å²) in [5, 5.41) is 3.41. The first-order valence-corrected chi connectivity index (χ1v) is 6.81. The Morgan fingerprint density at radius 3 is 2.25 bits per heavy atom. The predicted molar refractivity (Wildman–Crippen MR) is 74.0 cm³/mol. The molecule has 1 rings (SSSR count). The van der Waals surface area contributed by atoms with Crippen LogP contribution < -0.4 is 5.32 Å². The van der Waals surface area contributed by atoms with E-state index in [0.29, 0.717) is 4.75 Å². The first kappa shape index (κ1) is 13.6. The number of benzene rings is 1. The Labute approximate surface area is 104 Å². The zero-order valence-corrected chi connectivity index (χ0v) is 11.7. The molecule has 0 aromatic heterocycles. The molecule has 0 atom stereocenters. The highest BCUT2D eigenvalue weighted by atomic mass is 32.2. The second-order valence-electron chi connectivity index (χ2n) is 5.04. The number of thioether (sulfide) groups is 1. The van der Waals surface area contributed by atoms with Crippen LogP contribution in [-0.2, 0) is 6.54 Å². The molecule has 0 aliphatic rings. The molecule has 1 nitrogen and oxygen atoms in total. The van der Waals surface area contributed by atoms with Crippen LogP contribution in [0.25, 0.3) is 0 Å². The minimum atomic E-state index is 0.294. The molecule has 0 unspecified atom stereocenters. The minimum Gasteiger partial charge on any atom is -0.313 e. The summed E-state index contributed by atoms with van der Waals surface area (Å²) in [6.45, 7) is 11.0. The van der Waals surface area contributed by atoms with Gasteiger partial charge in [0.05, 0.1) is 0 Å². The second-order valence-corrected chi connectivity index (χ2v) is 6.94.